The highest BCUT2D eigenvalue weighted by Crippen LogP contribution is 2.53. The van der Waals surface area contributed by atoms with Crippen molar-refractivity contribution in [1.29, 1.82) is 0 Å². The van der Waals surface area contributed by atoms with E-state index >= 15 is 0 Å². The first kappa shape index (κ1) is 23.3. The van der Waals surface area contributed by atoms with Crippen LogP contribution in [-0.2, 0) is 4.87 Å². The molecule has 0 spiro atoms. The zero-order valence-electron chi connectivity index (χ0n) is 17.4. The van der Waals surface area contributed by atoms with Crippen molar-refractivity contribution in [2.75, 3.05) is 5.01 Å². The minimum atomic E-state index is -0.516. The molecular weight excluding hydrogens is 533 g/mol. The molecule has 2 N–H and O–H groups in total. The maximum Gasteiger partial charge on any atom is 0.230 e. The van der Waals surface area contributed by atoms with Crippen molar-refractivity contribution in [3.05, 3.63) is 83.6 Å². The molecule has 5 rings (SSSR count). The van der Waals surface area contributed by atoms with Crippen molar-refractivity contribution >= 4 is 79.1 Å². The summed E-state index contributed by atoms with van der Waals surface area (Å²) in [5, 5.41) is 18.3. The SMILES string of the molecule is Cc1nnc(N2N=C(c3ccc(Cl)s3)SC2(CCC(N)c2ccc(Cl)s2)c2ccccc2)s1. The summed E-state index contributed by atoms with van der Waals surface area (Å²) >= 11 is 18.7. The molecule has 0 fully saturated rings. The van der Waals surface area contributed by atoms with Crippen LogP contribution in [0.1, 0.15) is 39.2 Å². The lowest BCUT2D eigenvalue weighted by atomic mass is 9.97. The second-order valence-electron chi connectivity index (χ2n) is 7.46. The number of hydrogen-bond acceptors (Lipinski definition) is 9. The van der Waals surface area contributed by atoms with Gasteiger partial charge in [-0.1, -0.05) is 76.6 Å². The Hall–Kier alpha value is -1.46. The molecule has 0 aliphatic carbocycles. The molecule has 4 aromatic rings. The van der Waals surface area contributed by atoms with Gasteiger partial charge in [-0.3, -0.25) is 0 Å². The Balaban J connectivity index is 1.56. The number of hydrogen-bond donors (Lipinski definition) is 1. The van der Waals surface area contributed by atoms with Gasteiger partial charge in [0.1, 0.15) is 14.9 Å². The van der Waals surface area contributed by atoms with Gasteiger partial charge in [-0.05, 0) is 49.6 Å². The lowest BCUT2D eigenvalue weighted by molar-refractivity contribution is 0.488. The fourth-order valence-electron chi connectivity index (χ4n) is 3.69. The minimum Gasteiger partial charge on any atom is -0.323 e. The van der Waals surface area contributed by atoms with Gasteiger partial charge in [-0.15, -0.1) is 32.9 Å². The topological polar surface area (TPSA) is 67.4 Å². The van der Waals surface area contributed by atoms with E-state index in [2.05, 4.69) is 34.5 Å². The highest BCUT2D eigenvalue weighted by Gasteiger charge is 2.48. The molecule has 0 radical (unpaired) electrons. The van der Waals surface area contributed by atoms with E-state index < -0.39 is 4.87 Å². The Kier molecular flexibility index (Phi) is 6.81. The van der Waals surface area contributed by atoms with Crippen LogP contribution in [-0.4, -0.2) is 15.2 Å². The summed E-state index contributed by atoms with van der Waals surface area (Å²) < 4.78 is 1.49. The number of thioether (sulfide) groups is 1. The smallest absolute Gasteiger partial charge is 0.230 e. The van der Waals surface area contributed by atoms with Crippen LogP contribution in [0.2, 0.25) is 8.67 Å². The number of nitrogens with zero attached hydrogens (tertiary/aromatic N) is 4. The molecular formula is C22H19Cl2N5S4. The minimum absolute atomic E-state index is 0.123. The van der Waals surface area contributed by atoms with E-state index in [0.717, 1.165) is 52.0 Å². The highest BCUT2D eigenvalue weighted by molar-refractivity contribution is 8.15. The molecule has 33 heavy (non-hydrogen) atoms. The number of benzene rings is 1. The van der Waals surface area contributed by atoms with Crippen LogP contribution in [0.4, 0.5) is 5.13 Å². The molecule has 170 valence electrons. The summed E-state index contributed by atoms with van der Waals surface area (Å²) in [7, 11) is 0. The Bertz CT molecular complexity index is 1280. The van der Waals surface area contributed by atoms with Crippen molar-refractivity contribution in [1.82, 2.24) is 10.2 Å². The molecule has 1 aliphatic rings. The molecule has 0 bridgehead atoms. The van der Waals surface area contributed by atoms with Crippen molar-refractivity contribution < 1.29 is 0 Å². The van der Waals surface area contributed by atoms with Crippen molar-refractivity contribution in [3.63, 3.8) is 0 Å². The van der Waals surface area contributed by atoms with E-state index in [0.29, 0.717) is 0 Å². The zero-order valence-corrected chi connectivity index (χ0v) is 22.2. The van der Waals surface area contributed by atoms with Crippen molar-refractivity contribution in [2.45, 2.75) is 30.7 Å². The molecule has 3 aromatic heterocycles. The molecule has 2 atom stereocenters. The number of halogens is 2. The Morgan fingerprint density at radius 2 is 1.73 bits per heavy atom. The number of rotatable bonds is 7. The van der Waals surface area contributed by atoms with Gasteiger partial charge in [-0.25, -0.2) is 5.01 Å². The molecule has 0 saturated carbocycles. The summed E-state index contributed by atoms with van der Waals surface area (Å²) in [5.41, 5.74) is 7.75. The fourth-order valence-corrected chi connectivity index (χ4v) is 8.03. The number of aryl methyl sites for hydroxylation is 1. The third-order valence-electron chi connectivity index (χ3n) is 5.26. The first-order valence-electron chi connectivity index (χ1n) is 10.1. The van der Waals surface area contributed by atoms with Crippen LogP contribution in [0.5, 0.6) is 0 Å². The largest absolute Gasteiger partial charge is 0.323 e. The molecule has 0 amide bonds. The molecule has 2 unspecified atom stereocenters. The number of aromatic nitrogens is 2. The van der Waals surface area contributed by atoms with Gasteiger partial charge in [0.25, 0.3) is 0 Å². The lowest BCUT2D eigenvalue weighted by Gasteiger charge is -2.36. The van der Waals surface area contributed by atoms with Crippen LogP contribution < -0.4 is 10.7 Å². The van der Waals surface area contributed by atoms with Gasteiger partial charge in [0.15, 0.2) is 0 Å². The summed E-state index contributed by atoms with van der Waals surface area (Å²) in [4.78, 5) is 1.59. The van der Waals surface area contributed by atoms with Gasteiger partial charge in [0.2, 0.25) is 5.13 Å². The van der Waals surface area contributed by atoms with Gasteiger partial charge in [0, 0.05) is 10.9 Å². The van der Waals surface area contributed by atoms with E-state index in [1.54, 1.807) is 11.8 Å². The fraction of sp³-hybridized carbons (Fsp3) is 0.227. The number of thiophene rings is 2. The van der Waals surface area contributed by atoms with Crippen LogP contribution >= 0.6 is 69.0 Å². The molecule has 1 aliphatic heterocycles. The van der Waals surface area contributed by atoms with E-state index in [1.165, 1.54) is 34.0 Å². The van der Waals surface area contributed by atoms with E-state index in [1.807, 2.05) is 42.3 Å². The third kappa shape index (κ3) is 4.73. The summed E-state index contributed by atoms with van der Waals surface area (Å²) in [5.74, 6) is 0. The zero-order chi connectivity index (χ0) is 23.0. The molecule has 5 nitrogen and oxygen atoms in total. The predicted octanol–water partition coefficient (Wildman–Crippen LogP) is 7.52. The first-order chi connectivity index (χ1) is 15.9. The van der Waals surface area contributed by atoms with Crippen LogP contribution in [0.25, 0.3) is 0 Å². The summed E-state index contributed by atoms with van der Waals surface area (Å²) in [6.07, 6.45) is 1.50. The number of anilines is 1. The lowest BCUT2D eigenvalue weighted by Crippen LogP contribution is -2.38. The molecule has 1 aromatic carbocycles. The second-order valence-corrected chi connectivity index (χ2v) is 13.4. The van der Waals surface area contributed by atoms with Gasteiger partial charge in [0.05, 0.1) is 13.5 Å². The molecule has 11 heteroatoms. The van der Waals surface area contributed by atoms with Gasteiger partial charge >= 0.3 is 0 Å². The maximum absolute atomic E-state index is 6.61. The van der Waals surface area contributed by atoms with Gasteiger partial charge in [-0.2, -0.15) is 5.10 Å². The maximum atomic E-state index is 6.61. The quantitative estimate of drug-likeness (QED) is 0.257. The summed E-state index contributed by atoms with van der Waals surface area (Å²) in [6, 6.07) is 18.1. The van der Waals surface area contributed by atoms with E-state index in [-0.39, 0.29) is 6.04 Å². The van der Waals surface area contributed by atoms with Crippen LogP contribution in [0.3, 0.4) is 0 Å². The average molecular weight is 553 g/mol. The van der Waals surface area contributed by atoms with E-state index in [9.17, 15) is 0 Å². The van der Waals surface area contributed by atoms with Crippen LogP contribution in [0.15, 0.2) is 59.7 Å². The summed E-state index contributed by atoms with van der Waals surface area (Å²) in [6.45, 7) is 1.95. The average Bonchev–Trinajstić information content (AvgIpc) is 3.60. The second kappa shape index (κ2) is 9.65. The monoisotopic (exact) mass is 551 g/mol. The number of nitrogens with two attached hydrogens (primary N) is 1. The van der Waals surface area contributed by atoms with Crippen molar-refractivity contribution in [3.8, 4) is 0 Å². The predicted molar refractivity (Wildman–Crippen MR) is 144 cm³/mol. The first-order valence-corrected chi connectivity index (χ1v) is 14.2. The molecule has 0 saturated heterocycles. The highest BCUT2D eigenvalue weighted by atomic mass is 35.5. The normalized spacial score (nSPS) is 19.2. The molecule has 4 heterocycles. The standard InChI is InChI=1S/C22H19Cl2N5S4/c1-13-26-27-21(30-13)29-22(14-5-3-2-4-6-14,12-11-15(25)16-7-9-18(23)31-16)33-20(28-29)17-8-10-19(24)32-17/h2-10,15H,11-12,25H2,1H3. The van der Waals surface area contributed by atoms with Gasteiger partial charge < -0.3 is 5.73 Å². The third-order valence-corrected chi connectivity index (χ3v) is 10.2. The Morgan fingerprint density at radius 1 is 0.970 bits per heavy atom. The number of hydrazone groups is 1. The van der Waals surface area contributed by atoms with Crippen LogP contribution in [0, 0.1) is 6.92 Å². The van der Waals surface area contributed by atoms with Crippen molar-refractivity contribution in [2.24, 2.45) is 10.8 Å². The Morgan fingerprint density at radius 3 is 2.36 bits per heavy atom. The Labute approximate surface area is 218 Å². The van der Waals surface area contributed by atoms with E-state index in [4.69, 9.17) is 34.0 Å².